The number of benzene rings is 1. The maximum atomic E-state index is 12.8. The number of carbonyl (C=O) groups is 1. The molecule has 0 atom stereocenters. The Morgan fingerprint density at radius 2 is 2.23 bits per heavy atom. The number of halogens is 1. The summed E-state index contributed by atoms with van der Waals surface area (Å²) in [5.41, 5.74) is 0.703. The predicted molar refractivity (Wildman–Crippen MR) is 50.6 cm³/mol. The van der Waals surface area contributed by atoms with Crippen LogP contribution < -0.4 is 0 Å². The average Bonchev–Trinajstić information content (AvgIpc) is 2.03. The van der Waals surface area contributed by atoms with Gasteiger partial charge in [-0.05, 0) is 30.0 Å². The fourth-order valence-corrected chi connectivity index (χ4v) is 1.52. The topological polar surface area (TPSA) is 37.3 Å². The minimum Gasteiger partial charge on any atom is -0.478 e. The van der Waals surface area contributed by atoms with Crippen molar-refractivity contribution < 1.29 is 14.3 Å². The molecule has 1 aromatic carbocycles. The van der Waals surface area contributed by atoms with Gasteiger partial charge in [0.2, 0.25) is 0 Å². The molecule has 0 fully saturated rings. The summed E-state index contributed by atoms with van der Waals surface area (Å²) < 4.78 is 12.8. The van der Waals surface area contributed by atoms with E-state index in [1.807, 2.05) is 6.26 Å². The van der Waals surface area contributed by atoms with Gasteiger partial charge in [-0.1, -0.05) is 0 Å². The number of hydrogen-bond acceptors (Lipinski definition) is 2. The molecular formula is C9H9FO2S. The van der Waals surface area contributed by atoms with Crippen molar-refractivity contribution in [3.8, 4) is 0 Å². The van der Waals surface area contributed by atoms with Crippen molar-refractivity contribution in [1.29, 1.82) is 0 Å². The quantitative estimate of drug-likeness (QED) is 0.814. The summed E-state index contributed by atoms with van der Waals surface area (Å²) in [7, 11) is 0. The van der Waals surface area contributed by atoms with E-state index in [0.29, 0.717) is 11.3 Å². The van der Waals surface area contributed by atoms with Crippen LogP contribution in [0.25, 0.3) is 0 Å². The van der Waals surface area contributed by atoms with Crippen molar-refractivity contribution in [3.05, 3.63) is 35.1 Å². The monoisotopic (exact) mass is 200 g/mol. The Balaban J connectivity index is 3.03. The van der Waals surface area contributed by atoms with E-state index in [4.69, 9.17) is 5.11 Å². The molecule has 0 aliphatic heterocycles. The van der Waals surface area contributed by atoms with Gasteiger partial charge in [0.25, 0.3) is 0 Å². The van der Waals surface area contributed by atoms with Crippen molar-refractivity contribution in [2.24, 2.45) is 0 Å². The number of aromatic carboxylic acids is 1. The standard InChI is InChI=1S/C9H9FO2S/c1-13-5-6-2-7(9(11)12)4-8(10)3-6/h2-4H,5H2,1H3,(H,11,12). The summed E-state index contributed by atoms with van der Waals surface area (Å²) in [5, 5.41) is 8.63. The number of hydrogen-bond donors (Lipinski definition) is 1. The molecule has 4 heteroatoms. The van der Waals surface area contributed by atoms with Crippen LogP contribution in [-0.4, -0.2) is 17.3 Å². The van der Waals surface area contributed by atoms with Crippen molar-refractivity contribution in [2.75, 3.05) is 6.26 Å². The molecule has 1 rings (SSSR count). The summed E-state index contributed by atoms with van der Waals surface area (Å²) in [6.45, 7) is 0. The fraction of sp³-hybridized carbons (Fsp3) is 0.222. The van der Waals surface area contributed by atoms with Crippen molar-refractivity contribution >= 4 is 17.7 Å². The fourth-order valence-electron chi connectivity index (χ4n) is 1.02. The highest BCUT2D eigenvalue weighted by Crippen LogP contribution is 2.13. The summed E-state index contributed by atoms with van der Waals surface area (Å²) in [6, 6.07) is 3.86. The average molecular weight is 200 g/mol. The van der Waals surface area contributed by atoms with Crippen LogP contribution in [0.15, 0.2) is 18.2 Å². The molecular weight excluding hydrogens is 191 g/mol. The lowest BCUT2D eigenvalue weighted by atomic mass is 10.1. The van der Waals surface area contributed by atoms with Gasteiger partial charge in [-0.15, -0.1) is 0 Å². The lowest BCUT2D eigenvalue weighted by Gasteiger charge is -2.00. The molecule has 0 radical (unpaired) electrons. The molecule has 2 nitrogen and oxygen atoms in total. The number of thioether (sulfide) groups is 1. The number of carboxylic acid groups (broad SMARTS) is 1. The van der Waals surface area contributed by atoms with Gasteiger partial charge in [-0.25, -0.2) is 9.18 Å². The Kier molecular flexibility index (Phi) is 3.31. The van der Waals surface area contributed by atoms with Crippen LogP contribution in [0.3, 0.4) is 0 Å². The lowest BCUT2D eigenvalue weighted by molar-refractivity contribution is 0.0696. The molecule has 13 heavy (non-hydrogen) atoms. The Morgan fingerprint density at radius 1 is 1.54 bits per heavy atom. The number of carboxylic acids is 1. The molecule has 70 valence electrons. The second kappa shape index (κ2) is 4.28. The highest BCUT2D eigenvalue weighted by molar-refractivity contribution is 7.97. The predicted octanol–water partition coefficient (Wildman–Crippen LogP) is 2.39. The van der Waals surface area contributed by atoms with Crippen LogP contribution in [0.1, 0.15) is 15.9 Å². The van der Waals surface area contributed by atoms with E-state index in [2.05, 4.69) is 0 Å². The molecule has 0 aliphatic rings. The first-order valence-corrected chi connectivity index (χ1v) is 5.04. The maximum absolute atomic E-state index is 12.8. The van der Waals surface area contributed by atoms with Gasteiger partial charge < -0.3 is 5.11 Å². The molecule has 1 aromatic rings. The zero-order chi connectivity index (χ0) is 9.84. The third kappa shape index (κ3) is 2.73. The molecule has 0 spiro atoms. The van der Waals surface area contributed by atoms with Crippen LogP contribution >= 0.6 is 11.8 Å². The first-order chi connectivity index (χ1) is 6.13. The zero-order valence-electron chi connectivity index (χ0n) is 7.08. The summed E-state index contributed by atoms with van der Waals surface area (Å²) in [6.07, 6.45) is 1.88. The van der Waals surface area contributed by atoms with E-state index in [0.717, 1.165) is 6.07 Å². The normalized spacial score (nSPS) is 10.0. The van der Waals surface area contributed by atoms with Crippen LogP contribution in [0.5, 0.6) is 0 Å². The molecule has 0 aliphatic carbocycles. The largest absolute Gasteiger partial charge is 0.478 e. The SMILES string of the molecule is CSCc1cc(F)cc(C(=O)O)c1. The Hall–Kier alpha value is -1.03. The van der Waals surface area contributed by atoms with Gasteiger partial charge in [0, 0.05) is 5.75 Å². The Labute approximate surface area is 79.8 Å². The summed E-state index contributed by atoms with van der Waals surface area (Å²) in [5.74, 6) is -0.969. The van der Waals surface area contributed by atoms with Gasteiger partial charge in [-0.2, -0.15) is 11.8 Å². The van der Waals surface area contributed by atoms with E-state index in [1.165, 1.54) is 23.9 Å². The van der Waals surface area contributed by atoms with Gasteiger partial charge in [0.1, 0.15) is 5.82 Å². The molecule has 0 saturated heterocycles. The molecule has 0 unspecified atom stereocenters. The lowest BCUT2D eigenvalue weighted by Crippen LogP contribution is -1.98. The molecule has 0 bridgehead atoms. The van der Waals surface area contributed by atoms with Gasteiger partial charge in [-0.3, -0.25) is 0 Å². The van der Waals surface area contributed by atoms with Crippen LogP contribution in [0.2, 0.25) is 0 Å². The molecule has 0 amide bonds. The van der Waals surface area contributed by atoms with Crippen LogP contribution in [0.4, 0.5) is 4.39 Å². The third-order valence-electron chi connectivity index (χ3n) is 1.52. The van der Waals surface area contributed by atoms with E-state index in [1.54, 1.807) is 0 Å². The van der Waals surface area contributed by atoms with Crippen molar-refractivity contribution in [1.82, 2.24) is 0 Å². The second-order valence-corrected chi connectivity index (χ2v) is 3.45. The molecule has 0 heterocycles. The van der Waals surface area contributed by atoms with Gasteiger partial charge in [0.05, 0.1) is 5.56 Å². The minimum absolute atomic E-state index is 0.00375. The van der Waals surface area contributed by atoms with Crippen molar-refractivity contribution in [2.45, 2.75) is 5.75 Å². The highest BCUT2D eigenvalue weighted by Gasteiger charge is 2.06. The van der Waals surface area contributed by atoms with Crippen LogP contribution in [0, 0.1) is 5.82 Å². The van der Waals surface area contributed by atoms with Gasteiger partial charge >= 0.3 is 5.97 Å². The first-order valence-electron chi connectivity index (χ1n) is 3.65. The summed E-state index contributed by atoms with van der Waals surface area (Å²) >= 11 is 1.52. The smallest absolute Gasteiger partial charge is 0.335 e. The van der Waals surface area contributed by atoms with E-state index in [-0.39, 0.29) is 5.56 Å². The first kappa shape index (κ1) is 10.1. The molecule has 0 aromatic heterocycles. The maximum Gasteiger partial charge on any atom is 0.335 e. The van der Waals surface area contributed by atoms with E-state index in [9.17, 15) is 9.18 Å². The van der Waals surface area contributed by atoms with Crippen LogP contribution in [-0.2, 0) is 5.75 Å². The Morgan fingerprint density at radius 3 is 2.77 bits per heavy atom. The molecule has 0 saturated carbocycles. The minimum atomic E-state index is -1.10. The van der Waals surface area contributed by atoms with E-state index < -0.39 is 11.8 Å². The van der Waals surface area contributed by atoms with Crippen molar-refractivity contribution in [3.63, 3.8) is 0 Å². The molecule has 1 N–H and O–H groups in total. The number of rotatable bonds is 3. The van der Waals surface area contributed by atoms with E-state index >= 15 is 0 Å². The summed E-state index contributed by atoms with van der Waals surface area (Å²) in [4.78, 5) is 10.5. The second-order valence-electron chi connectivity index (χ2n) is 2.59. The Bertz CT molecular complexity index is 325. The zero-order valence-corrected chi connectivity index (χ0v) is 7.90. The highest BCUT2D eigenvalue weighted by atomic mass is 32.2. The van der Waals surface area contributed by atoms with Gasteiger partial charge in [0.15, 0.2) is 0 Å². The third-order valence-corrected chi connectivity index (χ3v) is 2.14.